The van der Waals surface area contributed by atoms with E-state index in [1.54, 1.807) is 24.3 Å². The molecule has 0 spiro atoms. The number of rotatable bonds is 2. The summed E-state index contributed by atoms with van der Waals surface area (Å²) in [5.41, 5.74) is 0.879. The first kappa shape index (κ1) is 9.55. The SMILES string of the molecule is O=C(Cc1ccc(Cl)cc1)OBr. The molecule has 0 aliphatic rings. The number of carbonyl (C=O) groups is 1. The molecule has 1 aromatic rings. The lowest BCUT2D eigenvalue weighted by Crippen LogP contribution is -2.00. The van der Waals surface area contributed by atoms with Gasteiger partial charge in [0.25, 0.3) is 0 Å². The summed E-state index contributed by atoms with van der Waals surface area (Å²) in [5.74, 6) is -0.322. The predicted octanol–water partition coefficient (Wildman–Crippen LogP) is 2.74. The summed E-state index contributed by atoms with van der Waals surface area (Å²) in [4.78, 5) is 10.8. The van der Waals surface area contributed by atoms with Crippen molar-refractivity contribution < 1.29 is 8.62 Å². The Morgan fingerprint density at radius 3 is 2.50 bits per heavy atom. The van der Waals surface area contributed by atoms with E-state index in [-0.39, 0.29) is 12.4 Å². The molecule has 4 heteroatoms. The van der Waals surface area contributed by atoms with Gasteiger partial charge in [-0.05, 0) is 17.7 Å². The Morgan fingerprint density at radius 2 is 2.00 bits per heavy atom. The highest BCUT2D eigenvalue weighted by Crippen LogP contribution is 2.10. The van der Waals surface area contributed by atoms with Gasteiger partial charge in [0.05, 0.1) is 6.42 Å². The summed E-state index contributed by atoms with van der Waals surface area (Å²) in [6.07, 6.45) is 0.252. The molecular weight excluding hydrogens is 243 g/mol. The number of hydrogen-bond donors (Lipinski definition) is 0. The molecule has 0 heterocycles. The van der Waals surface area contributed by atoms with Crippen LogP contribution in [0.15, 0.2) is 24.3 Å². The van der Waals surface area contributed by atoms with Gasteiger partial charge < -0.3 is 3.83 Å². The van der Waals surface area contributed by atoms with Crippen molar-refractivity contribution in [3.05, 3.63) is 34.9 Å². The van der Waals surface area contributed by atoms with Crippen LogP contribution in [0, 0.1) is 0 Å². The largest absolute Gasteiger partial charge is 0.383 e. The van der Waals surface area contributed by atoms with Gasteiger partial charge in [-0.2, -0.15) is 0 Å². The number of benzene rings is 1. The van der Waals surface area contributed by atoms with Crippen molar-refractivity contribution in [2.75, 3.05) is 0 Å². The summed E-state index contributed by atoms with van der Waals surface area (Å²) in [6.45, 7) is 0. The van der Waals surface area contributed by atoms with E-state index in [9.17, 15) is 4.79 Å². The molecule has 0 aromatic heterocycles. The fourth-order valence-corrected chi connectivity index (χ4v) is 1.04. The molecule has 12 heavy (non-hydrogen) atoms. The van der Waals surface area contributed by atoms with Crippen LogP contribution in [0.3, 0.4) is 0 Å². The summed E-state index contributed by atoms with van der Waals surface area (Å²) in [7, 11) is 0. The first-order chi connectivity index (χ1) is 5.72. The van der Waals surface area contributed by atoms with Gasteiger partial charge >= 0.3 is 5.97 Å². The summed E-state index contributed by atoms with van der Waals surface area (Å²) >= 11 is 8.27. The Hall–Kier alpha value is -0.540. The number of carbonyl (C=O) groups excluding carboxylic acids is 1. The van der Waals surface area contributed by atoms with Crippen molar-refractivity contribution >= 4 is 33.8 Å². The molecule has 64 valence electrons. The van der Waals surface area contributed by atoms with E-state index in [4.69, 9.17) is 11.6 Å². The molecule has 2 nitrogen and oxygen atoms in total. The molecule has 0 aliphatic heterocycles. The van der Waals surface area contributed by atoms with Crippen molar-refractivity contribution in [1.82, 2.24) is 0 Å². The van der Waals surface area contributed by atoms with E-state index in [2.05, 4.69) is 20.1 Å². The number of halogens is 2. The van der Waals surface area contributed by atoms with Crippen LogP contribution in [0.5, 0.6) is 0 Å². The lowest BCUT2D eigenvalue weighted by atomic mass is 10.2. The topological polar surface area (TPSA) is 26.3 Å². The Balaban J connectivity index is 2.64. The van der Waals surface area contributed by atoms with Gasteiger partial charge in [-0.3, -0.25) is 4.79 Å². The lowest BCUT2D eigenvalue weighted by molar-refractivity contribution is -0.131. The second-order valence-electron chi connectivity index (χ2n) is 2.25. The fraction of sp³-hybridized carbons (Fsp3) is 0.125. The highest BCUT2D eigenvalue weighted by Gasteiger charge is 2.02. The van der Waals surface area contributed by atoms with Crippen molar-refractivity contribution in [2.45, 2.75) is 6.42 Å². The van der Waals surface area contributed by atoms with Crippen LogP contribution < -0.4 is 0 Å². The normalized spacial score (nSPS) is 9.50. The van der Waals surface area contributed by atoms with Crippen molar-refractivity contribution in [1.29, 1.82) is 0 Å². The van der Waals surface area contributed by atoms with Gasteiger partial charge in [-0.1, -0.05) is 23.7 Å². The summed E-state index contributed by atoms with van der Waals surface area (Å²) in [5, 5.41) is 0.658. The van der Waals surface area contributed by atoms with Crippen molar-refractivity contribution in [2.24, 2.45) is 0 Å². The van der Waals surface area contributed by atoms with E-state index < -0.39 is 0 Å². The average molecular weight is 249 g/mol. The minimum Gasteiger partial charge on any atom is -0.383 e. The first-order valence-electron chi connectivity index (χ1n) is 3.28. The standard InChI is InChI=1S/C8H6BrClO2/c9-12-8(11)5-6-1-3-7(10)4-2-6/h1-4H,5H2. The van der Waals surface area contributed by atoms with Crippen LogP contribution in [0.1, 0.15) is 5.56 Å². The Morgan fingerprint density at radius 1 is 1.42 bits per heavy atom. The highest BCUT2D eigenvalue weighted by atomic mass is 79.9. The van der Waals surface area contributed by atoms with E-state index in [1.807, 2.05) is 0 Å². The molecule has 0 aliphatic carbocycles. The lowest BCUT2D eigenvalue weighted by Gasteiger charge is -1.97. The van der Waals surface area contributed by atoms with Crippen LogP contribution in [-0.4, -0.2) is 5.97 Å². The maximum Gasteiger partial charge on any atom is 0.321 e. The molecule has 0 saturated heterocycles. The predicted molar refractivity (Wildman–Crippen MR) is 50.2 cm³/mol. The zero-order valence-corrected chi connectivity index (χ0v) is 8.43. The highest BCUT2D eigenvalue weighted by molar-refractivity contribution is 9.06. The molecule has 0 fully saturated rings. The zero-order chi connectivity index (χ0) is 8.97. The Kier molecular flexibility index (Phi) is 3.56. The van der Waals surface area contributed by atoms with Crippen LogP contribution in [0.4, 0.5) is 0 Å². The molecule has 0 atom stereocenters. The molecule has 0 unspecified atom stereocenters. The van der Waals surface area contributed by atoms with Crippen LogP contribution in [-0.2, 0) is 15.0 Å². The Labute approximate surface area is 83.9 Å². The molecule has 0 N–H and O–H groups in total. The molecular formula is C8H6BrClO2. The second kappa shape index (κ2) is 4.48. The van der Waals surface area contributed by atoms with Gasteiger partial charge in [-0.25, -0.2) is 0 Å². The van der Waals surface area contributed by atoms with Crippen LogP contribution in [0.25, 0.3) is 0 Å². The minimum absolute atomic E-state index is 0.252. The third-order valence-electron chi connectivity index (χ3n) is 1.35. The summed E-state index contributed by atoms with van der Waals surface area (Å²) < 4.78 is 4.32. The van der Waals surface area contributed by atoms with E-state index in [0.29, 0.717) is 5.02 Å². The van der Waals surface area contributed by atoms with E-state index >= 15 is 0 Å². The van der Waals surface area contributed by atoms with Crippen molar-refractivity contribution in [3.63, 3.8) is 0 Å². The molecule has 0 saturated carbocycles. The van der Waals surface area contributed by atoms with Gasteiger partial charge in [0.15, 0.2) is 16.3 Å². The van der Waals surface area contributed by atoms with E-state index in [0.717, 1.165) is 5.56 Å². The third-order valence-corrected chi connectivity index (χ3v) is 1.96. The smallest absolute Gasteiger partial charge is 0.321 e. The second-order valence-corrected chi connectivity index (χ2v) is 3.01. The Bertz CT molecular complexity index is 271. The van der Waals surface area contributed by atoms with Gasteiger partial charge in [0.2, 0.25) is 0 Å². The van der Waals surface area contributed by atoms with Crippen LogP contribution in [0.2, 0.25) is 5.02 Å². The molecule has 0 radical (unpaired) electrons. The van der Waals surface area contributed by atoms with E-state index in [1.165, 1.54) is 0 Å². The zero-order valence-electron chi connectivity index (χ0n) is 6.09. The molecule has 0 bridgehead atoms. The van der Waals surface area contributed by atoms with Gasteiger partial charge in [-0.15, -0.1) is 0 Å². The molecule has 0 amide bonds. The van der Waals surface area contributed by atoms with Gasteiger partial charge in [0.1, 0.15) is 0 Å². The summed E-state index contributed by atoms with van der Waals surface area (Å²) in [6, 6.07) is 7.04. The number of hydrogen-bond acceptors (Lipinski definition) is 2. The van der Waals surface area contributed by atoms with Crippen molar-refractivity contribution in [3.8, 4) is 0 Å². The van der Waals surface area contributed by atoms with Gasteiger partial charge in [0, 0.05) is 5.02 Å². The minimum atomic E-state index is -0.322. The average Bonchev–Trinajstić information content (AvgIpc) is 2.09. The maximum atomic E-state index is 10.8. The molecule has 1 aromatic carbocycles. The first-order valence-corrected chi connectivity index (χ1v) is 4.31. The monoisotopic (exact) mass is 248 g/mol. The molecule has 1 rings (SSSR count). The third kappa shape index (κ3) is 2.83. The fourth-order valence-electron chi connectivity index (χ4n) is 0.796. The maximum absolute atomic E-state index is 10.8. The quantitative estimate of drug-likeness (QED) is 0.805. The van der Waals surface area contributed by atoms with Crippen LogP contribution >= 0.6 is 27.9 Å².